The van der Waals surface area contributed by atoms with Crippen LogP contribution in [0.2, 0.25) is 0 Å². The fourth-order valence-corrected chi connectivity index (χ4v) is 2.15. The van der Waals surface area contributed by atoms with Crippen LogP contribution < -0.4 is 5.73 Å². The lowest BCUT2D eigenvalue weighted by atomic mass is 10.0. The zero-order valence-corrected chi connectivity index (χ0v) is 13.7. The maximum absolute atomic E-state index is 13.4. The van der Waals surface area contributed by atoms with Gasteiger partial charge in [0, 0.05) is 35.8 Å². The van der Waals surface area contributed by atoms with Gasteiger partial charge < -0.3 is 5.73 Å². The number of anilines is 1. The van der Waals surface area contributed by atoms with Crippen LogP contribution in [0.15, 0.2) is 49.1 Å². The van der Waals surface area contributed by atoms with Crippen LogP contribution in [0.25, 0.3) is 22.5 Å². The molecular formula is C17H16FN5O2. The van der Waals surface area contributed by atoms with Crippen molar-refractivity contribution in [2.45, 2.75) is 13.8 Å². The predicted molar refractivity (Wildman–Crippen MR) is 93.1 cm³/mol. The molecule has 0 spiro atoms. The number of aromatic nitrogens is 3. The second kappa shape index (κ2) is 7.91. The first-order chi connectivity index (χ1) is 12.1. The predicted octanol–water partition coefficient (Wildman–Crippen LogP) is 3.86. The van der Waals surface area contributed by atoms with Gasteiger partial charge in [0.15, 0.2) is 5.82 Å². The summed E-state index contributed by atoms with van der Waals surface area (Å²) in [5, 5.41) is 11.3. The van der Waals surface area contributed by atoms with Crippen molar-refractivity contribution in [3.8, 4) is 22.5 Å². The maximum atomic E-state index is 13.4. The van der Waals surface area contributed by atoms with Gasteiger partial charge in [-0.1, -0.05) is 13.8 Å². The van der Waals surface area contributed by atoms with Crippen LogP contribution in [-0.4, -0.2) is 19.9 Å². The van der Waals surface area contributed by atoms with E-state index in [1.807, 2.05) is 13.8 Å². The van der Waals surface area contributed by atoms with Crippen LogP contribution in [0.3, 0.4) is 0 Å². The van der Waals surface area contributed by atoms with Crippen molar-refractivity contribution in [1.82, 2.24) is 15.0 Å². The molecule has 0 atom stereocenters. The molecule has 0 aliphatic heterocycles. The number of nitro groups is 1. The van der Waals surface area contributed by atoms with Gasteiger partial charge in [-0.05, 0) is 23.8 Å². The molecule has 0 unspecified atom stereocenters. The highest BCUT2D eigenvalue weighted by atomic mass is 19.1. The first-order valence-corrected chi connectivity index (χ1v) is 7.52. The summed E-state index contributed by atoms with van der Waals surface area (Å²) in [6, 6.07) is 5.71. The van der Waals surface area contributed by atoms with Crippen LogP contribution in [0.1, 0.15) is 13.8 Å². The van der Waals surface area contributed by atoms with Crippen LogP contribution in [0.5, 0.6) is 0 Å². The standard InChI is InChI=1S/C15H10FN5O2.C2H6/c16-11-4-10(7-18-8-11)9-5-12(15-19-2-1-3-20-15)14(17)13(6-9)21(22)23;1-2/h1-8H,17H2;1-2H3. The number of halogens is 1. The molecular weight excluding hydrogens is 325 g/mol. The molecule has 2 N–H and O–H groups in total. The number of nitro benzene ring substituents is 1. The molecule has 0 aliphatic carbocycles. The number of hydrogen-bond acceptors (Lipinski definition) is 6. The molecule has 2 aromatic heterocycles. The van der Waals surface area contributed by atoms with Crippen molar-refractivity contribution in [1.29, 1.82) is 0 Å². The summed E-state index contributed by atoms with van der Waals surface area (Å²) >= 11 is 0. The van der Waals surface area contributed by atoms with Crippen molar-refractivity contribution in [3.05, 3.63) is 65.0 Å². The Kier molecular flexibility index (Phi) is 5.67. The van der Waals surface area contributed by atoms with E-state index in [1.54, 1.807) is 12.1 Å². The zero-order valence-electron chi connectivity index (χ0n) is 13.7. The maximum Gasteiger partial charge on any atom is 0.293 e. The summed E-state index contributed by atoms with van der Waals surface area (Å²) in [5.74, 6) is -0.293. The van der Waals surface area contributed by atoms with Crippen molar-refractivity contribution in [2.75, 3.05) is 5.73 Å². The lowest BCUT2D eigenvalue weighted by Crippen LogP contribution is -2.01. The Balaban J connectivity index is 0.00000109. The SMILES string of the molecule is CC.Nc1c(-c2ncccn2)cc(-c2cncc(F)c2)cc1[N+](=O)[O-]. The van der Waals surface area contributed by atoms with Gasteiger partial charge in [-0.25, -0.2) is 14.4 Å². The first kappa shape index (κ1) is 17.9. The van der Waals surface area contributed by atoms with Crippen LogP contribution in [0.4, 0.5) is 15.8 Å². The van der Waals surface area contributed by atoms with Gasteiger partial charge in [0.25, 0.3) is 5.69 Å². The number of hydrogen-bond donors (Lipinski definition) is 1. The molecule has 0 bridgehead atoms. The number of nitrogens with zero attached hydrogens (tertiary/aromatic N) is 4. The number of pyridine rings is 1. The molecule has 0 amide bonds. The van der Waals surface area contributed by atoms with E-state index >= 15 is 0 Å². The van der Waals surface area contributed by atoms with Gasteiger partial charge in [-0.2, -0.15) is 0 Å². The summed E-state index contributed by atoms with van der Waals surface area (Å²) in [6.45, 7) is 4.00. The number of nitrogens with two attached hydrogens (primary N) is 1. The highest BCUT2D eigenvalue weighted by molar-refractivity contribution is 5.85. The third kappa shape index (κ3) is 3.92. The Labute approximate surface area is 143 Å². The second-order valence-corrected chi connectivity index (χ2v) is 4.68. The van der Waals surface area contributed by atoms with E-state index in [4.69, 9.17) is 5.73 Å². The molecule has 8 heteroatoms. The van der Waals surface area contributed by atoms with Gasteiger partial charge in [-0.3, -0.25) is 15.1 Å². The topological polar surface area (TPSA) is 108 Å². The molecule has 1 aromatic carbocycles. The Bertz CT molecular complexity index is 887. The Morgan fingerprint density at radius 3 is 2.36 bits per heavy atom. The molecule has 0 radical (unpaired) electrons. The molecule has 2 heterocycles. The summed E-state index contributed by atoms with van der Waals surface area (Å²) in [5.41, 5.74) is 6.64. The third-order valence-corrected chi connectivity index (χ3v) is 3.20. The quantitative estimate of drug-likeness (QED) is 0.440. The summed E-state index contributed by atoms with van der Waals surface area (Å²) < 4.78 is 13.4. The highest BCUT2D eigenvalue weighted by Gasteiger charge is 2.20. The van der Waals surface area contributed by atoms with Crippen LogP contribution >= 0.6 is 0 Å². The summed E-state index contributed by atoms with van der Waals surface area (Å²) in [4.78, 5) is 22.5. The zero-order chi connectivity index (χ0) is 18.4. The van der Waals surface area contributed by atoms with Gasteiger partial charge in [0.2, 0.25) is 0 Å². The van der Waals surface area contributed by atoms with Crippen molar-refractivity contribution >= 4 is 11.4 Å². The smallest absolute Gasteiger partial charge is 0.293 e. The number of rotatable bonds is 3. The van der Waals surface area contributed by atoms with E-state index in [0.29, 0.717) is 16.7 Å². The van der Waals surface area contributed by atoms with E-state index in [-0.39, 0.29) is 17.2 Å². The van der Waals surface area contributed by atoms with E-state index in [1.165, 1.54) is 30.7 Å². The Hall–Kier alpha value is -3.42. The fourth-order valence-electron chi connectivity index (χ4n) is 2.15. The second-order valence-electron chi connectivity index (χ2n) is 4.68. The van der Waals surface area contributed by atoms with Crippen LogP contribution in [-0.2, 0) is 0 Å². The molecule has 0 fully saturated rings. The summed E-state index contributed by atoms with van der Waals surface area (Å²) in [6.07, 6.45) is 5.47. The molecule has 0 saturated heterocycles. The van der Waals surface area contributed by atoms with Crippen molar-refractivity contribution in [2.24, 2.45) is 0 Å². The molecule has 0 saturated carbocycles. The van der Waals surface area contributed by atoms with E-state index in [0.717, 1.165) is 6.20 Å². The number of nitrogen functional groups attached to an aromatic ring is 1. The average Bonchev–Trinajstić information content (AvgIpc) is 2.64. The molecule has 0 aliphatic rings. The summed E-state index contributed by atoms with van der Waals surface area (Å²) in [7, 11) is 0. The first-order valence-electron chi connectivity index (χ1n) is 7.52. The molecule has 3 aromatic rings. The van der Waals surface area contributed by atoms with Crippen molar-refractivity contribution in [3.63, 3.8) is 0 Å². The van der Waals surface area contributed by atoms with E-state index < -0.39 is 10.7 Å². The van der Waals surface area contributed by atoms with Gasteiger partial charge in [0.1, 0.15) is 11.5 Å². The van der Waals surface area contributed by atoms with Crippen LogP contribution in [0, 0.1) is 15.9 Å². The van der Waals surface area contributed by atoms with Gasteiger partial charge in [-0.15, -0.1) is 0 Å². The Morgan fingerprint density at radius 2 is 1.76 bits per heavy atom. The molecule has 128 valence electrons. The fraction of sp³-hybridized carbons (Fsp3) is 0.118. The average molecular weight is 341 g/mol. The third-order valence-electron chi connectivity index (χ3n) is 3.20. The van der Waals surface area contributed by atoms with E-state index in [2.05, 4.69) is 15.0 Å². The Morgan fingerprint density at radius 1 is 1.08 bits per heavy atom. The highest BCUT2D eigenvalue weighted by Crippen LogP contribution is 2.36. The largest absolute Gasteiger partial charge is 0.393 e. The van der Waals surface area contributed by atoms with Crippen molar-refractivity contribution < 1.29 is 9.31 Å². The normalized spacial score (nSPS) is 9.88. The monoisotopic (exact) mass is 341 g/mol. The minimum absolute atomic E-state index is 0.0469. The van der Waals surface area contributed by atoms with Gasteiger partial charge >= 0.3 is 0 Å². The molecule has 3 rings (SSSR count). The minimum Gasteiger partial charge on any atom is -0.393 e. The molecule has 25 heavy (non-hydrogen) atoms. The van der Waals surface area contributed by atoms with E-state index in [9.17, 15) is 14.5 Å². The molecule has 7 nitrogen and oxygen atoms in total. The van der Waals surface area contributed by atoms with Gasteiger partial charge in [0.05, 0.1) is 11.1 Å². The minimum atomic E-state index is -0.599. The number of benzene rings is 1. The lowest BCUT2D eigenvalue weighted by molar-refractivity contribution is -0.383. The lowest BCUT2D eigenvalue weighted by Gasteiger charge is -2.09.